The predicted molar refractivity (Wildman–Crippen MR) is 99.1 cm³/mol. The minimum atomic E-state index is -0.154. The fourth-order valence-electron chi connectivity index (χ4n) is 3.96. The summed E-state index contributed by atoms with van der Waals surface area (Å²) in [7, 11) is 0. The van der Waals surface area contributed by atoms with Crippen LogP contribution in [0.15, 0.2) is 47.9 Å². The van der Waals surface area contributed by atoms with Gasteiger partial charge in [-0.3, -0.25) is 0 Å². The first kappa shape index (κ1) is 18.0. The Balaban J connectivity index is 1.80. The lowest BCUT2D eigenvalue weighted by Crippen LogP contribution is -2.44. The zero-order chi connectivity index (χ0) is 17.8. The third-order valence-corrected chi connectivity index (χ3v) is 5.51. The summed E-state index contributed by atoms with van der Waals surface area (Å²) in [6.07, 6.45) is 17.6. The van der Waals surface area contributed by atoms with Crippen LogP contribution >= 0.6 is 0 Å². The molecule has 5 heteroatoms. The van der Waals surface area contributed by atoms with E-state index in [2.05, 4.69) is 24.3 Å². The molecule has 0 spiro atoms. The van der Waals surface area contributed by atoms with Crippen LogP contribution in [0, 0.1) is 17.8 Å². The third-order valence-electron chi connectivity index (χ3n) is 5.51. The predicted octanol–water partition coefficient (Wildman–Crippen LogP) is 1.90. The molecule has 0 saturated carbocycles. The molecule has 0 saturated heterocycles. The maximum absolute atomic E-state index is 11.0. The van der Waals surface area contributed by atoms with Gasteiger partial charge in [0, 0.05) is 29.8 Å². The molecular formula is C20H29N3O2. The van der Waals surface area contributed by atoms with Crippen LogP contribution in [-0.2, 0) is 9.53 Å². The standard InChI is InChI=1S/C20H29N3O2/c21-15-8-6-14(7-9-15)20(16-3-1-2-4-17(16)22)25-19-10-5-13(12-24)11-18(19)23/h1-2,6,8,10-17,20H,3-5,7,9,21-23H2. The van der Waals surface area contributed by atoms with E-state index in [9.17, 15) is 4.79 Å². The van der Waals surface area contributed by atoms with E-state index in [0.29, 0.717) is 17.9 Å². The van der Waals surface area contributed by atoms with Gasteiger partial charge in [-0.1, -0.05) is 24.3 Å². The number of carbonyl (C=O) groups is 1. The van der Waals surface area contributed by atoms with Gasteiger partial charge in [0.05, 0.1) is 5.70 Å². The van der Waals surface area contributed by atoms with Crippen molar-refractivity contribution in [3.05, 3.63) is 47.9 Å². The minimum Gasteiger partial charge on any atom is -0.488 e. The van der Waals surface area contributed by atoms with E-state index in [0.717, 1.165) is 32.0 Å². The topological polar surface area (TPSA) is 104 Å². The monoisotopic (exact) mass is 343 g/mol. The number of allylic oxidation sites excluding steroid dienone is 3. The average molecular weight is 343 g/mol. The lowest BCUT2D eigenvalue weighted by atomic mass is 9.76. The molecule has 0 aromatic rings. The van der Waals surface area contributed by atoms with Crippen LogP contribution in [0.4, 0.5) is 0 Å². The fraction of sp³-hybridized carbons (Fsp3) is 0.550. The Kier molecular flexibility index (Phi) is 5.76. The zero-order valence-corrected chi connectivity index (χ0v) is 14.6. The van der Waals surface area contributed by atoms with Crippen molar-refractivity contribution in [3.8, 4) is 0 Å². The Morgan fingerprint density at radius 3 is 2.56 bits per heavy atom. The molecule has 0 aromatic heterocycles. The van der Waals surface area contributed by atoms with Gasteiger partial charge < -0.3 is 26.7 Å². The van der Waals surface area contributed by atoms with E-state index >= 15 is 0 Å². The second-order valence-electron chi connectivity index (χ2n) is 7.37. The highest BCUT2D eigenvalue weighted by molar-refractivity contribution is 5.59. The summed E-state index contributed by atoms with van der Waals surface area (Å²) in [5.74, 6) is 1.05. The molecule has 5 nitrogen and oxygen atoms in total. The average Bonchev–Trinajstić information content (AvgIpc) is 2.62. The van der Waals surface area contributed by atoms with Gasteiger partial charge >= 0.3 is 0 Å². The Morgan fingerprint density at radius 2 is 1.92 bits per heavy atom. The maximum atomic E-state index is 11.0. The number of aldehydes is 1. The first-order valence-electron chi connectivity index (χ1n) is 9.22. The van der Waals surface area contributed by atoms with Crippen LogP contribution in [0.5, 0.6) is 0 Å². The van der Waals surface area contributed by atoms with Gasteiger partial charge in [0.1, 0.15) is 18.1 Å². The number of hydrogen-bond donors (Lipinski definition) is 3. The van der Waals surface area contributed by atoms with Crippen LogP contribution < -0.4 is 17.2 Å². The van der Waals surface area contributed by atoms with Crippen LogP contribution in [-0.4, -0.2) is 24.5 Å². The summed E-state index contributed by atoms with van der Waals surface area (Å²) >= 11 is 0. The lowest BCUT2D eigenvalue weighted by molar-refractivity contribution is -0.109. The summed E-state index contributed by atoms with van der Waals surface area (Å²) < 4.78 is 6.43. The second-order valence-corrected chi connectivity index (χ2v) is 7.37. The van der Waals surface area contributed by atoms with Crippen molar-refractivity contribution in [3.63, 3.8) is 0 Å². The van der Waals surface area contributed by atoms with Gasteiger partial charge in [0.25, 0.3) is 0 Å². The van der Waals surface area contributed by atoms with Gasteiger partial charge in [-0.2, -0.15) is 0 Å². The van der Waals surface area contributed by atoms with Crippen LogP contribution in [0.1, 0.15) is 32.1 Å². The molecule has 0 radical (unpaired) electrons. The molecule has 0 aromatic carbocycles. The Morgan fingerprint density at radius 1 is 1.12 bits per heavy atom. The first-order chi connectivity index (χ1) is 12.1. The van der Waals surface area contributed by atoms with Gasteiger partial charge in [0.2, 0.25) is 0 Å². The summed E-state index contributed by atoms with van der Waals surface area (Å²) in [4.78, 5) is 11.0. The Labute approximate surface area is 149 Å². The molecule has 6 atom stereocenters. The van der Waals surface area contributed by atoms with Gasteiger partial charge in [-0.15, -0.1) is 0 Å². The van der Waals surface area contributed by atoms with E-state index in [4.69, 9.17) is 21.9 Å². The van der Waals surface area contributed by atoms with Crippen molar-refractivity contribution in [2.45, 2.75) is 50.3 Å². The molecule has 0 aliphatic heterocycles. The molecule has 6 N–H and O–H groups in total. The van der Waals surface area contributed by atoms with Gasteiger partial charge in [-0.25, -0.2) is 0 Å². The molecule has 3 aliphatic rings. The molecule has 25 heavy (non-hydrogen) atoms. The molecule has 0 heterocycles. The van der Waals surface area contributed by atoms with E-state index in [1.807, 2.05) is 6.08 Å². The zero-order valence-electron chi connectivity index (χ0n) is 14.6. The summed E-state index contributed by atoms with van der Waals surface area (Å²) in [5.41, 5.74) is 19.1. The minimum absolute atomic E-state index is 0.0327. The van der Waals surface area contributed by atoms with Crippen molar-refractivity contribution >= 4 is 6.29 Å². The molecule has 0 fully saturated rings. The quantitative estimate of drug-likeness (QED) is 0.522. The normalized spacial score (nSPS) is 36.3. The van der Waals surface area contributed by atoms with E-state index in [-0.39, 0.29) is 35.9 Å². The van der Waals surface area contributed by atoms with Crippen molar-refractivity contribution in [1.29, 1.82) is 0 Å². The largest absolute Gasteiger partial charge is 0.488 e. The van der Waals surface area contributed by atoms with Gasteiger partial charge in [-0.05, 0) is 44.3 Å². The smallest absolute Gasteiger partial charge is 0.138 e. The number of hydrogen-bond acceptors (Lipinski definition) is 5. The second kappa shape index (κ2) is 8.02. The highest BCUT2D eigenvalue weighted by Gasteiger charge is 2.36. The Hall–Kier alpha value is -1.85. The van der Waals surface area contributed by atoms with Crippen molar-refractivity contribution in [2.24, 2.45) is 35.0 Å². The molecule has 136 valence electrons. The molecule has 3 rings (SSSR count). The van der Waals surface area contributed by atoms with Crippen LogP contribution in [0.2, 0.25) is 0 Å². The molecule has 6 unspecified atom stereocenters. The molecular weight excluding hydrogens is 314 g/mol. The first-order valence-corrected chi connectivity index (χ1v) is 9.22. The maximum Gasteiger partial charge on any atom is 0.138 e. The lowest BCUT2D eigenvalue weighted by Gasteiger charge is -2.39. The fourth-order valence-corrected chi connectivity index (χ4v) is 3.96. The molecule has 0 amide bonds. The Bertz CT molecular complexity index is 608. The SMILES string of the molecule is NC1=CC(C=O)CC=C1OC(C1C=CC(N)CC1)C1CC=CCC1N. The summed E-state index contributed by atoms with van der Waals surface area (Å²) in [6.45, 7) is 0. The van der Waals surface area contributed by atoms with Crippen LogP contribution in [0.3, 0.4) is 0 Å². The van der Waals surface area contributed by atoms with E-state index in [1.54, 1.807) is 6.08 Å². The summed E-state index contributed by atoms with van der Waals surface area (Å²) in [6, 6.07) is 0.208. The number of nitrogens with two attached hydrogens (primary N) is 3. The van der Waals surface area contributed by atoms with Crippen molar-refractivity contribution in [2.75, 3.05) is 0 Å². The number of ether oxygens (including phenoxy) is 1. The van der Waals surface area contributed by atoms with E-state index in [1.165, 1.54) is 0 Å². The highest BCUT2D eigenvalue weighted by atomic mass is 16.5. The number of carbonyl (C=O) groups excluding carboxylic acids is 1. The molecule has 3 aliphatic carbocycles. The third kappa shape index (κ3) is 4.22. The highest BCUT2D eigenvalue weighted by Crippen LogP contribution is 2.35. The van der Waals surface area contributed by atoms with Crippen LogP contribution in [0.25, 0.3) is 0 Å². The van der Waals surface area contributed by atoms with Crippen molar-refractivity contribution < 1.29 is 9.53 Å². The van der Waals surface area contributed by atoms with Crippen molar-refractivity contribution in [1.82, 2.24) is 0 Å². The molecule has 0 bridgehead atoms. The van der Waals surface area contributed by atoms with Gasteiger partial charge in [0.15, 0.2) is 0 Å². The van der Waals surface area contributed by atoms with E-state index < -0.39 is 0 Å². The summed E-state index contributed by atoms with van der Waals surface area (Å²) in [5, 5.41) is 0. The number of rotatable bonds is 5.